The number of sulfone groups is 1. The Morgan fingerprint density at radius 3 is 2.81 bits per heavy atom. The zero-order valence-corrected chi connectivity index (χ0v) is 12.9. The van der Waals surface area contributed by atoms with Gasteiger partial charge in [-0.1, -0.05) is 18.7 Å². The third-order valence-electron chi connectivity index (χ3n) is 3.55. The molecular formula is C13H14F2N2O2S2. The summed E-state index contributed by atoms with van der Waals surface area (Å²) in [6.45, 7) is 1.94. The maximum Gasteiger partial charge on any atom is 0.164 e. The average molecular weight is 332 g/mol. The van der Waals surface area contributed by atoms with E-state index in [-0.39, 0.29) is 23.2 Å². The quantitative estimate of drug-likeness (QED) is 0.832. The van der Waals surface area contributed by atoms with Crippen LogP contribution >= 0.6 is 11.8 Å². The highest BCUT2D eigenvalue weighted by Crippen LogP contribution is 2.36. The van der Waals surface area contributed by atoms with Gasteiger partial charge in [0.25, 0.3) is 0 Å². The fraction of sp³-hybridized carbons (Fsp3) is 0.462. The minimum absolute atomic E-state index is 0.00917. The first-order chi connectivity index (χ1) is 9.91. The molecule has 0 radical (unpaired) electrons. The van der Waals surface area contributed by atoms with Crippen LogP contribution in [-0.4, -0.2) is 42.9 Å². The number of anilines is 1. The molecule has 3 rings (SSSR count). The van der Waals surface area contributed by atoms with Crippen molar-refractivity contribution in [2.24, 2.45) is 4.99 Å². The fourth-order valence-corrected chi connectivity index (χ4v) is 5.41. The van der Waals surface area contributed by atoms with Crippen LogP contribution in [0.1, 0.15) is 6.92 Å². The van der Waals surface area contributed by atoms with Crippen molar-refractivity contribution in [3.63, 3.8) is 0 Å². The molecule has 21 heavy (non-hydrogen) atoms. The second-order valence-corrected chi connectivity index (χ2v) is 8.41. The van der Waals surface area contributed by atoms with Crippen molar-refractivity contribution >= 4 is 32.5 Å². The summed E-state index contributed by atoms with van der Waals surface area (Å²) in [6.07, 6.45) is 0. The van der Waals surface area contributed by atoms with Crippen molar-refractivity contribution in [1.29, 1.82) is 0 Å². The van der Waals surface area contributed by atoms with Gasteiger partial charge in [-0.3, -0.25) is 4.99 Å². The van der Waals surface area contributed by atoms with E-state index in [9.17, 15) is 17.2 Å². The van der Waals surface area contributed by atoms with Crippen molar-refractivity contribution in [3.8, 4) is 0 Å². The number of rotatable bonds is 2. The monoisotopic (exact) mass is 332 g/mol. The Hall–Kier alpha value is -1.15. The van der Waals surface area contributed by atoms with Crippen molar-refractivity contribution in [1.82, 2.24) is 0 Å². The van der Waals surface area contributed by atoms with E-state index in [0.29, 0.717) is 5.17 Å². The molecule has 1 aromatic rings. The maximum absolute atomic E-state index is 14.1. The average Bonchev–Trinajstić information content (AvgIpc) is 2.82. The first kappa shape index (κ1) is 14.8. The van der Waals surface area contributed by atoms with Crippen LogP contribution in [-0.2, 0) is 9.84 Å². The summed E-state index contributed by atoms with van der Waals surface area (Å²) in [5.74, 6) is -0.682. The Morgan fingerprint density at radius 2 is 2.14 bits per heavy atom. The molecule has 1 fully saturated rings. The van der Waals surface area contributed by atoms with Gasteiger partial charge in [0.05, 0.1) is 29.3 Å². The lowest BCUT2D eigenvalue weighted by atomic mass is 10.1. The number of benzene rings is 1. The molecule has 0 aliphatic carbocycles. The van der Waals surface area contributed by atoms with Crippen molar-refractivity contribution in [2.75, 3.05) is 22.2 Å². The van der Waals surface area contributed by atoms with Crippen LogP contribution in [0.2, 0.25) is 0 Å². The predicted molar refractivity (Wildman–Crippen MR) is 80.6 cm³/mol. The van der Waals surface area contributed by atoms with Crippen LogP contribution in [0.4, 0.5) is 14.5 Å². The van der Waals surface area contributed by atoms with Gasteiger partial charge in [-0.2, -0.15) is 0 Å². The molecule has 4 nitrogen and oxygen atoms in total. The summed E-state index contributed by atoms with van der Waals surface area (Å²) in [5, 5.41) is 0.605. The SMILES string of the molecule is CCSC1=N[C@H]2CS(=O)(=O)C[C@@H]2N1c1ccc(F)cc1F. The topological polar surface area (TPSA) is 49.7 Å². The second-order valence-electron chi connectivity index (χ2n) is 5.02. The van der Waals surface area contributed by atoms with Crippen LogP contribution in [0.15, 0.2) is 23.2 Å². The first-order valence-electron chi connectivity index (χ1n) is 6.56. The molecule has 0 unspecified atom stereocenters. The van der Waals surface area contributed by atoms with Crippen LogP contribution in [0.3, 0.4) is 0 Å². The molecule has 2 atom stereocenters. The number of halogens is 2. The first-order valence-corrected chi connectivity index (χ1v) is 9.37. The standard InChI is InChI=1S/C13H14F2N2O2S2/c1-2-20-13-16-10-6-21(18,19)7-12(10)17(13)11-4-3-8(14)5-9(11)15/h3-5,10,12H,2,6-7H2,1H3/t10-,12-/m0/s1. The Balaban J connectivity index is 2.03. The molecule has 1 aromatic carbocycles. The third-order valence-corrected chi connectivity index (χ3v) is 6.10. The number of thioether (sulfide) groups is 1. The van der Waals surface area contributed by atoms with E-state index < -0.39 is 27.5 Å². The number of nitrogens with zero attached hydrogens (tertiary/aromatic N) is 2. The van der Waals surface area contributed by atoms with Crippen LogP contribution in [0, 0.1) is 11.6 Å². The number of amidine groups is 1. The number of hydrogen-bond acceptors (Lipinski definition) is 5. The van der Waals surface area contributed by atoms with E-state index in [1.807, 2.05) is 6.92 Å². The smallest absolute Gasteiger partial charge is 0.164 e. The van der Waals surface area contributed by atoms with Gasteiger partial charge in [0.15, 0.2) is 15.0 Å². The Morgan fingerprint density at radius 1 is 1.38 bits per heavy atom. The Labute approximate surface area is 126 Å². The fourth-order valence-electron chi connectivity index (χ4n) is 2.72. The normalized spacial score (nSPS) is 26.8. The lowest BCUT2D eigenvalue weighted by molar-refractivity contribution is 0.577. The largest absolute Gasteiger partial charge is 0.312 e. The molecule has 0 spiro atoms. The van der Waals surface area contributed by atoms with Crippen molar-refractivity contribution < 1.29 is 17.2 Å². The van der Waals surface area contributed by atoms with Gasteiger partial charge in [-0.15, -0.1) is 0 Å². The van der Waals surface area contributed by atoms with Gasteiger partial charge in [0.1, 0.15) is 11.6 Å². The molecule has 0 amide bonds. The van der Waals surface area contributed by atoms with E-state index in [1.54, 1.807) is 4.90 Å². The van der Waals surface area contributed by atoms with E-state index in [1.165, 1.54) is 23.9 Å². The maximum atomic E-state index is 14.1. The second kappa shape index (κ2) is 5.24. The Bertz CT molecular complexity index is 706. The summed E-state index contributed by atoms with van der Waals surface area (Å²) in [7, 11) is -3.16. The minimum Gasteiger partial charge on any atom is -0.312 e. The van der Waals surface area contributed by atoms with Gasteiger partial charge in [-0.05, 0) is 17.9 Å². The predicted octanol–water partition coefficient (Wildman–Crippen LogP) is 2.06. The Kier molecular flexibility index (Phi) is 3.69. The molecule has 8 heteroatoms. The zero-order chi connectivity index (χ0) is 15.2. The minimum atomic E-state index is -3.16. The summed E-state index contributed by atoms with van der Waals surface area (Å²) in [4.78, 5) is 6.03. The van der Waals surface area contributed by atoms with Crippen LogP contribution < -0.4 is 4.90 Å². The molecule has 114 valence electrons. The summed E-state index contributed by atoms with van der Waals surface area (Å²) in [5.41, 5.74) is 0.181. The molecule has 2 aliphatic rings. The van der Waals surface area contributed by atoms with Crippen LogP contribution in [0.5, 0.6) is 0 Å². The lowest BCUT2D eigenvalue weighted by Crippen LogP contribution is -2.39. The molecule has 2 heterocycles. The molecule has 2 aliphatic heterocycles. The van der Waals surface area contributed by atoms with Gasteiger partial charge in [0, 0.05) is 6.07 Å². The van der Waals surface area contributed by atoms with Crippen molar-refractivity contribution in [3.05, 3.63) is 29.8 Å². The summed E-state index contributed by atoms with van der Waals surface area (Å²) >= 11 is 1.43. The molecule has 0 saturated carbocycles. The molecule has 0 bridgehead atoms. The van der Waals surface area contributed by atoms with Crippen molar-refractivity contribution in [2.45, 2.75) is 19.0 Å². The highest BCUT2D eigenvalue weighted by molar-refractivity contribution is 8.14. The third kappa shape index (κ3) is 2.66. The number of aliphatic imine (C=N–C) groups is 1. The van der Waals surface area contributed by atoms with Gasteiger partial charge in [0.2, 0.25) is 0 Å². The van der Waals surface area contributed by atoms with E-state index in [4.69, 9.17) is 0 Å². The summed E-state index contributed by atoms with van der Waals surface area (Å²) < 4.78 is 50.7. The highest BCUT2D eigenvalue weighted by Gasteiger charge is 2.47. The van der Waals surface area contributed by atoms with Gasteiger partial charge >= 0.3 is 0 Å². The number of fused-ring (bicyclic) bond motifs is 1. The molecular weight excluding hydrogens is 318 g/mol. The van der Waals surface area contributed by atoms with E-state index >= 15 is 0 Å². The van der Waals surface area contributed by atoms with Gasteiger partial charge < -0.3 is 4.90 Å². The van der Waals surface area contributed by atoms with E-state index in [2.05, 4.69) is 4.99 Å². The molecule has 0 N–H and O–H groups in total. The van der Waals surface area contributed by atoms with Gasteiger partial charge in [-0.25, -0.2) is 17.2 Å². The van der Waals surface area contributed by atoms with E-state index in [0.717, 1.165) is 11.8 Å². The zero-order valence-electron chi connectivity index (χ0n) is 11.3. The molecule has 1 saturated heterocycles. The van der Waals surface area contributed by atoms with Crippen LogP contribution in [0.25, 0.3) is 0 Å². The summed E-state index contributed by atoms with van der Waals surface area (Å²) in [6, 6.07) is 2.55. The number of hydrogen-bond donors (Lipinski definition) is 0. The highest BCUT2D eigenvalue weighted by atomic mass is 32.2. The molecule has 0 aromatic heterocycles. The lowest BCUT2D eigenvalue weighted by Gasteiger charge is -2.26.